The second-order valence-corrected chi connectivity index (χ2v) is 26.3. The molecule has 0 radical (unpaired) electrons. The van der Waals surface area contributed by atoms with Crippen molar-refractivity contribution in [3.8, 4) is 5.75 Å². The predicted molar refractivity (Wildman–Crippen MR) is 400 cm³/mol. The molecule has 0 spiro atoms. The molecule has 117 heavy (non-hydrogen) atoms. The Labute approximate surface area is 679 Å². The highest BCUT2D eigenvalue weighted by atomic mass is 16.6. The highest BCUT2D eigenvalue weighted by molar-refractivity contribution is 5.94. The lowest BCUT2D eigenvalue weighted by atomic mass is 10.0. The third-order valence-electron chi connectivity index (χ3n) is 16.5. The van der Waals surface area contributed by atoms with E-state index in [0.717, 1.165) is 0 Å². The standard InChI is InChI=1S/C75H119N5O37/c1-95-62(85)19-32-107-46-73(47-108-33-20-63(86)96-2,48-109-34-21-64(87)97-3)78-59(82)16-29-104-43-72(77-58(81)11-10-28-76-71(94)55-12-14-56(15-13-55)116-41-57-42-117-57,44-105-30-17-60(83)79-74(49-110-35-22-65(88)98-4,50-111-36-23-66(89)99-5)51-112-37-24-67(90)100-6)45-106-31-18-61(84)80-75(52-113-38-25-68(91)101-7,53-114-39-26-69(92)102-8)54-115-40-27-70(93)103-9/h12-15,57H,10-11,16-54H2,1-9H3,(H,76,94)(H,77,81)(H,78,82)(H,79,83)(H,80,84). The lowest BCUT2D eigenvalue weighted by Gasteiger charge is -2.36. The van der Waals surface area contributed by atoms with Crippen LogP contribution in [0.25, 0.3) is 0 Å². The summed E-state index contributed by atoms with van der Waals surface area (Å²) in [5.74, 6) is -8.22. The van der Waals surface area contributed by atoms with Crippen LogP contribution in [0.5, 0.6) is 5.75 Å². The normalized spacial score (nSPS) is 12.5. The summed E-state index contributed by atoms with van der Waals surface area (Å²) in [6, 6.07) is 6.38. The van der Waals surface area contributed by atoms with Crippen LogP contribution in [0.3, 0.4) is 0 Å². The number of hydrogen-bond donors (Lipinski definition) is 5. The second kappa shape index (κ2) is 62.3. The minimum Gasteiger partial charge on any atom is -0.491 e. The Morgan fingerprint density at radius 2 is 0.496 bits per heavy atom. The van der Waals surface area contributed by atoms with Gasteiger partial charge in [0.15, 0.2) is 0 Å². The number of ether oxygens (including phenoxy) is 23. The third-order valence-corrected chi connectivity index (χ3v) is 16.5. The van der Waals surface area contributed by atoms with Crippen molar-refractivity contribution in [3.05, 3.63) is 29.8 Å². The van der Waals surface area contributed by atoms with Gasteiger partial charge in [0.05, 0.1) is 287 Å². The summed E-state index contributed by atoms with van der Waals surface area (Å²) in [5.41, 5.74) is -6.28. The van der Waals surface area contributed by atoms with Crippen LogP contribution in [0.15, 0.2) is 24.3 Å². The molecule has 1 heterocycles. The summed E-state index contributed by atoms with van der Waals surface area (Å²) in [4.78, 5) is 180. The van der Waals surface area contributed by atoms with E-state index in [4.69, 9.17) is 109 Å². The number of methoxy groups -OCH3 is 9. The fourth-order valence-corrected chi connectivity index (χ4v) is 10.00. The first-order valence-electron chi connectivity index (χ1n) is 37.6. The van der Waals surface area contributed by atoms with E-state index >= 15 is 0 Å². The molecular weight excluding hydrogens is 1560 g/mol. The molecule has 1 saturated heterocycles. The molecule has 0 aromatic heterocycles. The van der Waals surface area contributed by atoms with Crippen LogP contribution in [-0.2, 0) is 167 Å². The number of rotatable bonds is 72. The molecule has 0 aliphatic carbocycles. The molecule has 1 aromatic carbocycles. The van der Waals surface area contributed by atoms with Crippen LogP contribution in [-0.4, -0.2) is 354 Å². The number of carbonyl (C=O) groups excluding carboxylic acids is 14. The number of epoxide rings is 1. The Hall–Kier alpha value is -8.92. The molecule has 1 aliphatic rings. The summed E-state index contributed by atoms with van der Waals surface area (Å²) >= 11 is 0. The van der Waals surface area contributed by atoms with Gasteiger partial charge in [0.25, 0.3) is 5.91 Å². The highest BCUT2D eigenvalue weighted by Gasteiger charge is 2.39. The van der Waals surface area contributed by atoms with Gasteiger partial charge >= 0.3 is 53.7 Å². The van der Waals surface area contributed by atoms with Crippen molar-refractivity contribution in [2.45, 2.75) is 118 Å². The number of amides is 5. The number of benzene rings is 1. The van der Waals surface area contributed by atoms with Gasteiger partial charge in [-0.15, -0.1) is 0 Å². The Bertz CT molecular complexity index is 2700. The van der Waals surface area contributed by atoms with Crippen molar-refractivity contribution in [2.24, 2.45) is 0 Å². The maximum absolute atomic E-state index is 14.5. The van der Waals surface area contributed by atoms with Gasteiger partial charge in [-0.1, -0.05) is 0 Å². The molecular formula is C75H119N5O37. The number of esters is 9. The minimum absolute atomic E-state index is 0.00103. The third kappa shape index (κ3) is 49.8. The summed E-state index contributed by atoms with van der Waals surface area (Å²) in [7, 11) is 10.7. The van der Waals surface area contributed by atoms with Gasteiger partial charge in [-0.25, -0.2) is 0 Å². The maximum Gasteiger partial charge on any atom is 0.307 e. The van der Waals surface area contributed by atoms with E-state index in [1.165, 1.54) is 64.0 Å². The van der Waals surface area contributed by atoms with Crippen LogP contribution in [0.4, 0.5) is 0 Å². The molecule has 0 saturated carbocycles. The molecule has 666 valence electrons. The molecule has 0 bridgehead atoms. The number of nitrogens with one attached hydrogen (secondary N) is 5. The average Bonchev–Trinajstić information content (AvgIpc) is 0.978. The van der Waals surface area contributed by atoms with Gasteiger partial charge in [-0.2, -0.15) is 0 Å². The summed E-state index contributed by atoms with van der Waals surface area (Å²) in [5, 5.41) is 14.3. The lowest BCUT2D eigenvalue weighted by molar-refractivity contribution is -0.145. The highest BCUT2D eigenvalue weighted by Crippen LogP contribution is 2.20. The quantitative estimate of drug-likeness (QED) is 0.0222. The van der Waals surface area contributed by atoms with Gasteiger partial charge in [0.2, 0.25) is 23.6 Å². The van der Waals surface area contributed by atoms with Crippen molar-refractivity contribution in [1.29, 1.82) is 0 Å². The zero-order chi connectivity index (χ0) is 86.4. The zero-order valence-corrected chi connectivity index (χ0v) is 68.5. The van der Waals surface area contributed by atoms with Crippen molar-refractivity contribution >= 4 is 83.3 Å². The number of carbonyl (C=O) groups is 14. The monoisotopic (exact) mass is 1680 g/mol. The Kier molecular flexibility index (Phi) is 55.5. The van der Waals surface area contributed by atoms with E-state index in [9.17, 15) is 67.1 Å². The van der Waals surface area contributed by atoms with E-state index in [1.54, 1.807) is 24.3 Å². The molecule has 42 heteroatoms. The van der Waals surface area contributed by atoms with Crippen molar-refractivity contribution in [1.82, 2.24) is 26.6 Å². The Morgan fingerprint density at radius 1 is 0.299 bits per heavy atom. The van der Waals surface area contributed by atoms with Crippen LogP contribution in [0.2, 0.25) is 0 Å². The van der Waals surface area contributed by atoms with Gasteiger partial charge in [-0.05, 0) is 30.7 Å². The molecule has 5 amide bonds. The summed E-state index contributed by atoms with van der Waals surface area (Å²) in [6.07, 6.45) is -3.33. The van der Waals surface area contributed by atoms with Crippen LogP contribution < -0.4 is 31.3 Å². The first-order chi connectivity index (χ1) is 56.2. The lowest BCUT2D eigenvalue weighted by Crippen LogP contribution is -2.60. The van der Waals surface area contributed by atoms with E-state index in [-0.39, 0.29) is 202 Å². The molecule has 1 unspecified atom stereocenters. The van der Waals surface area contributed by atoms with E-state index < -0.39 is 164 Å². The molecule has 5 N–H and O–H groups in total. The molecule has 1 fully saturated rings. The summed E-state index contributed by atoms with van der Waals surface area (Å²) in [6.45, 7) is -7.08. The topological polar surface area (TPSA) is 515 Å². The molecule has 42 nitrogen and oxygen atoms in total. The smallest absolute Gasteiger partial charge is 0.307 e. The molecule has 2 rings (SSSR count). The van der Waals surface area contributed by atoms with Gasteiger partial charge in [-0.3, -0.25) is 67.1 Å². The van der Waals surface area contributed by atoms with E-state index in [2.05, 4.69) is 26.6 Å². The SMILES string of the molecule is COC(=O)CCOCC(COCCC(=O)OC)(COCCC(=O)OC)NC(=O)CCOCC(COCCC(=O)NC(COCCC(=O)OC)(COCCC(=O)OC)COCCC(=O)OC)(COCCC(=O)NC(COCCC(=O)OC)(COCCC(=O)OC)COCCC(=O)OC)NC(=O)CCCNC(=O)c1ccc(OCC2CO2)cc1. The largest absolute Gasteiger partial charge is 0.491 e. The zero-order valence-electron chi connectivity index (χ0n) is 68.5. The van der Waals surface area contributed by atoms with Gasteiger partial charge in [0, 0.05) is 37.8 Å². The van der Waals surface area contributed by atoms with Crippen molar-refractivity contribution < 1.29 is 176 Å². The minimum atomic E-state index is -1.83. The number of hydrogen-bond acceptors (Lipinski definition) is 37. The predicted octanol–water partition coefficient (Wildman–Crippen LogP) is -1.17. The molecule has 1 atom stereocenters. The van der Waals surface area contributed by atoms with Crippen molar-refractivity contribution in [2.75, 3.05) is 242 Å². The fraction of sp³-hybridized carbons (Fsp3) is 0.733. The van der Waals surface area contributed by atoms with Crippen LogP contribution in [0, 0.1) is 0 Å². The Morgan fingerprint density at radius 3 is 0.692 bits per heavy atom. The first kappa shape index (κ1) is 104. The van der Waals surface area contributed by atoms with E-state index in [0.29, 0.717) is 24.5 Å². The first-order valence-corrected chi connectivity index (χ1v) is 37.6. The molecule has 1 aliphatic heterocycles. The second-order valence-electron chi connectivity index (χ2n) is 26.3. The fourth-order valence-electron chi connectivity index (χ4n) is 10.00. The average molecular weight is 1680 g/mol. The summed E-state index contributed by atoms with van der Waals surface area (Å²) < 4.78 is 125. The Balaban J connectivity index is 2.80. The van der Waals surface area contributed by atoms with Gasteiger partial charge < -0.3 is 136 Å². The van der Waals surface area contributed by atoms with Crippen LogP contribution in [0.1, 0.15) is 100 Å². The van der Waals surface area contributed by atoms with Crippen molar-refractivity contribution in [3.63, 3.8) is 0 Å². The maximum atomic E-state index is 14.5. The molecule has 1 aromatic rings. The van der Waals surface area contributed by atoms with Gasteiger partial charge in [0.1, 0.15) is 40.6 Å². The van der Waals surface area contributed by atoms with Crippen LogP contribution >= 0.6 is 0 Å². The van der Waals surface area contributed by atoms with E-state index in [1.807, 2.05) is 0 Å².